The third kappa shape index (κ3) is 2.23. The third-order valence-electron chi connectivity index (χ3n) is 1.59. The molecule has 1 heterocycles. The first-order valence-electron chi connectivity index (χ1n) is 3.97. The molecule has 1 aromatic rings. The Labute approximate surface area is 72.6 Å². The van der Waals surface area contributed by atoms with Crippen LogP contribution < -0.4 is 5.32 Å². The number of aromatic nitrogens is 2. The smallest absolute Gasteiger partial charge is 0.202 e. The molecule has 0 saturated carbocycles. The fraction of sp³-hybridized carbons (Fsp3) is 0.625. The van der Waals surface area contributed by atoms with E-state index in [4.69, 9.17) is 4.74 Å². The zero-order valence-corrected chi connectivity index (χ0v) is 7.79. The van der Waals surface area contributed by atoms with Crippen molar-refractivity contribution in [3.63, 3.8) is 0 Å². The Morgan fingerprint density at radius 1 is 1.67 bits per heavy atom. The second-order valence-corrected chi connectivity index (χ2v) is 2.74. The van der Waals surface area contributed by atoms with Gasteiger partial charge in [-0.15, -0.1) is 0 Å². The number of anilines is 1. The predicted molar refractivity (Wildman–Crippen MR) is 48.3 cm³/mol. The molecule has 12 heavy (non-hydrogen) atoms. The van der Waals surface area contributed by atoms with Gasteiger partial charge in [-0.05, 0) is 6.92 Å². The van der Waals surface area contributed by atoms with Gasteiger partial charge in [-0.2, -0.15) is 0 Å². The summed E-state index contributed by atoms with van der Waals surface area (Å²) >= 11 is 0. The Hall–Kier alpha value is -1.03. The van der Waals surface area contributed by atoms with E-state index >= 15 is 0 Å². The van der Waals surface area contributed by atoms with Crippen molar-refractivity contribution in [3.8, 4) is 0 Å². The molecule has 1 aromatic heterocycles. The van der Waals surface area contributed by atoms with Gasteiger partial charge in [0.2, 0.25) is 5.95 Å². The number of nitrogens with zero attached hydrogens (tertiary/aromatic N) is 2. The first kappa shape index (κ1) is 9.06. The molecule has 0 saturated heterocycles. The first-order valence-corrected chi connectivity index (χ1v) is 3.97. The van der Waals surface area contributed by atoms with Gasteiger partial charge in [0, 0.05) is 26.9 Å². The van der Waals surface area contributed by atoms with Crippen molar-refractivity contribution < 1.29 is 4.74 Å². The van der Waals surface area contributed by atoms with Crippen LogP contribution in [-0.2, 0) is 11.8 Å². The van der Waals surface area contributed by atoms with Crippen LogP contribution in [0.4, 0.5) is 5.95 Å². The lowest BCUT2D eigenvalue weighted by atomic mass is 10.6. The highest BCUT2D eigenvalue weighted by Gasteiger charge is 1.99. The van der Waals surface area contributed by atoms with E-state index in [-0.39, 0.29) is 0 Å². The quantitative estimate of drug-likeness (QED) is 0.677. The van der Waals surface area contributed by atoms with Crippen molar-refractivity contribution in [3.05, 3.63) is 11.9 Å². The summed E-state index contributed by atoms with van der Waals surface area (Å²) in [4.78, 5) is 4.28. The summed E-state index contributed by atoms with van der Waals surface area (Å²) in [6.45, 7) is 3.47. The standard InChI is InChI=1S/C8H15N3O/c1-7-6-11(2)8(10-7)9-4-5-12-3/h6H,4-5H2,1-3H3,(H,9,10). The zero-order valence-electron chi connectivity index (χ0n) is 7.79. The second-order valence-electron chi connectivity index (χ2n) is 2.74. The molecule has 68 valence electrons. The van der Waals surface area contributed by atoms with Crippen LogP contribution in [0.2, 0.25) is 0 Å². The van der Waals surface area contributed by atoms with Crippen LogP contribution in [-0.4, -0.2) is 29.8 Å². The summed E-state index contributed by atoms with van der Waals surface area (Å²) in [5.41, 5.74) is 1.03. The molecule has 0 atom stereocenters. The molecule has 0 unspecified atom stereocenters. The summed E-state index contributed by atoms with van der Waals surface area (Å²) in [5, 5.41) is 3.16. The first-order chi connectivity index (χ1) is 5.74. The molecule has 0 fully saturated rings. The lowest BCUT2D eigenvalue weighted by Gasteiger charge is -2.03. The topological polar surface area (TPSA) is 39.1 Å². The van der Waals surface area contributed by atoms with Crippen molar-refractivity contribution in [2.75, 3.05) is 25.6 Å². The van der Waals surface area contributed by atoms with Crippen molar-refractivity contribution in [2.45, 2.75) is 6.92 Å². The van der Waals surface area contributed by atoms with Crippen LogP contribution in [0, 0.1) is 6.92 Å². The summed E-state index contributed by atoms with van der Waals surface area (Å²) < 4.78 is 6.87. The van der Waals surface area contributed by atoms with Crippen LogP contribution >= 0.6 is 0 Å². The zero-order chi connectivity index (χ0) is 8.97. The van der Waals surface area contributed by atoms with Gasteiger partial charge >= 0.3 is 0 Å². The molecule has 0 aliphatic rings. The van der Waals surface area contributed by atoms with E-state index in [0.717, 1.165) is 18.2 Å². The normalized spacial score (nSPS) is 10.2. The number of hydrogen-bond acceptors (Lipinski definition) is 3. The van der Waals surface area contributed by atoms with Crippen LogP contribution in [0.1, 0.15) is 5.69 Å². The van der Waals surface area contributed by atoms with Gasteiger partial charge in [0.25, 0.3) is 0 Å². The molecule has 0 spiro atoms. The number of ether oxygens (including phenoxy) is 1. The van der Waals surface area contributed by atoms with E-state index in [1.807, 2.05) is 24.7 Å². The Bertz CT molecular complexity index is 244. The molecule has 0 bridgehead atoms. The van der Waals surface area contributed by atoms with E-state index in [1.54, 1.807) is 7.11 Å². The maximum atomic E-state index is 4.91. The molecule has 1 N–H and O–H groups in total. The summed E-state index contributed by atoms with van der Waals surface area (Å²) in [6, 6.07) is 0. The maximum absolute atomic E-state index is 4.91. The maximum Gasteiger partial charge on any atom is 0.202 e. The molecular weight excluding hydrogens is 154 g/mol. The number of hydrogen-bond donors (Lipinski definition) is 1. The van der Waals surface area contributed by atoms with Crippen LogP contribution in [0.15, 0.2) is 6.20 Å². The summed E-state index contributed by atoms with van der Waals surface area (Å²) in [7, 11) is 3.65. The summed E-state index contributed by atoms with van der Waals surface area (Å²) in [5.74, 6) is 0.893. The van der Waals surface area contributed by atoms with Crippen LogP contribution in [0.25, 0.3) is 0 Å². The molecule has 0 aliphatic heterocycles. The molecule has 4 nitrogen and oxygen atoms in total. The van der Waals surface area contributed by atoms with Crippen LogP contribution in [0.3, 0.4) is 0 Å². The highest BCUT2D eigenvalue weighted by molar-refractivity contribution is 5.27. The average Bonchev–Trinajstić information content (AvgIpc) is 2.31. The molecule has 0 aromatic carbocycles. The molecular formula is C8H15N3O. The van der Waals surface area contributed by atoms with Crippen molar-refractivity contribution in [2.24, 2.45) is 7.05 Å². The number of nitrogens with one attached hydrogen (secondary N) is 1. The van der Waals surface area contributed by atoms with Crippen molar-refractivity contribution in [1.29, 1.82) is 0 Å². The van der Waals surface area contributed by atoms with Gasteiger partial charge in [-0.1, -0.05) is 0 Å². The minimum absolute atomic E-state index is 0.700. The van der Waals surface area contributed by atoms with E-state index in [0.29, 0.717) is 6.61 Å². The van der Waals surface area contributed by atoms with Gasteiger partial charge in [0.15, 0.2) is 0 Å². The Kier molecular flexibility index (Phi) is 3.10. The lowest BCUT2D eigenvalue weighted by Crippen LogP contribution is -2.10. The van der Waals surface area contributed by atoms with Crippen LogP contribution in [0.5, 0.6) is 0 Å². The van der Waals surface area contributed by atoms with Gasteiger partial charge in [-0.3, -0.25) is 0 Å². The highest BCUT2D eigenvalue weighted by Crippen LogP contribution is 2.04. The molecule has 4 heteroatoms. The second kappa shape index (κ2) is 4.11. The van der Waals surface area contributed by atoms with E-state index in [9.17, 15) is 0 Å². The summed E-state index contributed by atoms with van der Waals surface area (Å²) in [6.07, 6.45) is 1.98. The number of methoxy groups -OCH3 is 1. The lowest BCUT2D eigenvalue weighted by molar-refractivity contribution is 0.210. The largest absolute Gasteiger partial charge is 0.383 e. The monoisotopic (exact) mass is 169 g/mol. The number of aryl methyl sites for hydroxylation is 2. The van der Waals surface area contributed by atoms with E-state index in [1.165, 1.54) is 0 Å². The number of imidazole rings is 1. The van der Waals surface area contributed by atoms with E-state index < -0.39 is 0 Å². The fourth-order valence-electron chi connectivity index (χ4n) is 1.05. The highest BCUT2D eigenvalue weighted by atomic mass is 16.5. The molecule has 1 rings (SSSR count). The van der Waals surface area contributed by atoms with E-state index in [2.05, 4.69) is 10.3 Å². The third-order valence-corrected chi connectivity index (χ3v) is 1.59. The number of rotatable bonds is 4. The van der Waals surface area contributed by atoms with Gasteiger partial charge in [0.05, 0.1) is 12.3 Å². The predicted octanol–water partition coefficient (Wildman–Crippen LogP) is 0.787. The van der Waals surface area contributed by atoms with Crippen molar-refractivity contribution in [1.82, 2.24) is 9.55 Å². The Balaban J connectivity index is 2.45. The Morgan fingerprint density at radius 2 is 2.42 bits per heavy atom. The molecule has 0 aliphatic carbocycles. The van der Waals surface area contributed by atoms with Gasteiger partial charge in [0.1, 0.15) is 0 Å². The minimum Gasteiger partial charge on any atom is -0.383 e. The Morgan fingerprint density at radius 3 is 2.92 bits per heavy atom. The molecule has 0 amide bonds. The minimum atomic E-state index is 0.700. The molecule has 0 radical (unpaired) electrons. The van der Waals surface area contributed by atoms with Gasteiger partial charge in [-0.25, -0.2) is 4.98 Å². The average molecular weight is 169 g/mol. The van der Waals surface area contributed by atoms with Crippen molar-refractivity contribution >= 4 is 5.95 Å². The van der Waals surface area contributed by atoms with Gasteiger partial charge < -0.3 is 14.6 Å². The SMILES string of the molecule is COCCNc1nc(C)cn1C. The fourth-order valence-corrected chi connectivity index (χ4v) is 1.05.